The van der Waals surface area contributed by atoms with Crippen LogP contribution in [0.2, 0.25) is 0 Å². The van der Waals surface area contributed by atoms with E-state index < -0.39 is 0 Å². The molecule has 1 saturated heterocycles. The number of fused-ring (bicyclic) bond motifs is 1. The molecular weight excluding hydrogens is 302 g/mol. The Morgan fingerprint density at radius 2 is 1.92 bits per heavy atom. The molecular formula is C18H19N5O. The smallest absolute Gasteiger partial charge is 0.274 e. The monoisotopic (exact) mass is 321 g/mol. The molecule has 1 aliphatic heterocycles. The summed E-state index contributed by atoms with van der Waals surface area (Å²) in [6, 6.07) is 9.55. The quantitative estimate of drug-likeness (QED) is 0.743. The summed E-state index contributed by atoms with van der Waals surface area (Å²) < 4.78 is 1.97. The SMILES string of the molecule is O=C(c1cnc2ccccc2n1)N1CCC(Cn2cccn2)CC1. The minimum Gasteiger partial charge on any atom is -0.337 e. The van der Waals surface area contributed by atoms with Gasteiger partial charge in [0.15, 0.2) is 0 Å². The van der Waals surface area contributed by atoms with Crippen molar-refractivity contribution >= 4 is 16.9 Å². The summed E-state index contributed by atoms with van der Waals surface area (Å²) in [6.45, 7) is 2.45. The Hall–Kier alpha value is -2.76. The summed E-state index contributed by atoms with van der Waals surface area (Å²) in [5.74, 6) is 0.544. The molecule has 1 aromatic carbocycles. The maximum atomic E-state index is 12.7. The Balaban J connectivity index is 1.41. The van der Waals surface area contributed by atoms with Gasteiger partial charge in [-0.15, -0.1) is 0 Å². The molecule has 6 nitrogen and oxygen atoms in total. The van der Waals surface area contributed by atoms with E-state index in [0.29, 0.717) is 11.6 Å². The first-order valence-corrected chi connectivity index (χ1v) is 8.28. The van der Waals surface area contributed by atoms with Crippen molar-refractivity contribution in [2.75, 3.05) is 13.1 Å². The first-order chi connectivity index (χ1) is 11.8. The number of amides is 1. The topological polar surface area (TPSA) is 63.9 Å². The molecule has 0 spiro atoms. The van der Waals surface area contributed by atoms with Crippen LogP contribution >= 0.6 is 0 Å². The fourth-order valence-electron chi connectivity index (χ4n) is 3.21. The van der Waals surface area contributed by atoms with Gasteiger partial charge >= 0.3 is 0 Å². The first kappa shape index (κ1) is 14.8. The summed E-state index contributed by atoms with van der Waals surface area (Å²) in [4.78, 5) is 23.4. The van der Waals surface area contributed by atoms with Crippen molar-refractivity contribution in [2.24, 2.45) is 5.92 Å². The lowest BCUT2D eigenvalue weighted by molar-refractivity contribution is 0.0675. The van der Waals surface area contributed by atoms with Crippen molar-refractivity contribution in [3.05, 3.63) is 54.6 Å². The van der Waals surface area contributed by atoms with Gasteiger partial charge in [-0.2, -0.15) is 5.10 Å². The molecule has 6 heteroatoms. The van der Waals surface area contributed by atoms with E-state index in [2.05, 4.69) is 15.1 Å². The van der Waals surface area contributed by atoms with Crippen molar-refractivity contribution in [1.29, 1.82) is 0 Å². The molecule has 24 heavy (non-hydrogen) atoms. The number of hydrogen-bond acceptors (Lipinski definition) is 4. The number of likely N-dealkylation sites (tertiary alicyclic amines) is 1. The summed E-state index contributed by atoms with van der Waals surface area (Å²) >= 11 is 0. The van der Waals surface area contributed by atoms with Gasteiger partial charge in [-0.05, 0) is 37.0 Å². The minimum absolute atomic E-state index is 0.0224. The molecule has 1 amide bonds. The molecule has 0 saturated carbocycles. The van der Waals surface area contributed by atoms with Gasteiger partial charge in [0, 0.05) is 32.0 Å². The van der Waals surface area contributed by atoms with Crippen molar-refractivity contribution in [3.8, 4) is 0 Å². The van der Waals surface area contributed by atoms with E-state index in [-0.39, 0.29) is 5.91 Å². The standard InChI is InChI=1S/C18H19N5O/c24-18(17-12-19-15-4-1-2-5-16(15)21-17)22-10-6-14(7-11-22)13-23-9-3-8-20-23/h1-5,8-9,12,14H,6-7,10-11,13H2. The molecule has 4 rings (SSSR count). The largest absolute Gasteiger partial charge is 0.337 e. The van der Waals surface area contributed by atoms with Crippen molar-refractivity contribution < 1.29 is 4.79 Å². The number of carbonyl (C=O) groups excluding carboxylic acids is 1. The molecule has 3 heterocycles. The third-order valence-electron chi connectivity index (χ3n) is 4.57. The summed E-state index contributed by atoms with van der Waals surface area (Å²) in [6.07, 6.45) is 7.36. The minimum atomic E-state index is -0.0224. The fourth-order valence-corrected chi connectivity index (χ4v) is 3.21. The molecule has 1 fully saturated rings. The van der Waals surface area contributed by atoms with Crippen LogP contribution in [-0.4, -0.2) is 43.6 Å². The number of hydrogen-bond donors (Lipinski definition) is 0. The van der Waals surface area contributed by atoms with Gasteiger partial charge in [-0.1, -0.05) is 12.1 Å². The summed E-state index contributed by atoms with van der Waals surface area (Å²) in [5.41, 5.74) is 2.00. The van der Waals surface area contributed by atoms with Crippen LogP contribution in [0.15, 0.2) is 48.9 Å². The number of benzene rings is 1. The zero-order chi connectivity index (χ0) is 16.4. The van der Waals surface area contributed by atoms with Crippen LogP contribution in [0.3, 0.4) is 0 Å². The number of nitrogens with zero attached hydrogens (tertiary/aromatic N) is 5. The lowest BCUT2D eigenvalue weighted by Crippen LogP contribution is -2.39. The molecule has 0 N–H and O–H groups in total. The van der Waals surface area contributed by atoms with Crippen molar-refractivity contribution in [2.45, 2.75) is 19.4 Å². The zero-order valence-electron chi connectivity index (χ0n) is 13.4. The third-order valence-corrected chi connectivity index (χ3v) is 4.57. The Bertz CT molecular complexity index is 838. The molecule has 0 unspecified atom stereocenters. The van der Waals surface area contributed by atoms with E-state index in [1.165, 1.54) is 0 Å². The van der Waals surface area contributed by atoms with Crippen LogP contribution in [0, 0.1) is 5.92 Å². The average Bonchev–Trinajstić information content (AvgIpc) is 3.14. The number of para-hydroxylation sites is 2. The van der Waals surface area contributed by atoms with Gasteiger partial charge in [0.25, 0.3) is 5.91 Å². The van der Waals surface area contributed by atoms with Gasteiger partial charge in [-0.25, -0.2) is 4.98 Å². The van der Waals surface area contributed by atoms with Crippen LogP contribution in [-0.2, 0) is 6.54 Å². The molecule has 0 atom stereocenters. The maximum Gasteiger partial charge on any atom is 0.274 e. The van der Waals surface area contributed by atoms with E-state index in [1.54, 1.807) is 12.4 Å². The van der Waals surface area contributed by atoms with Gasteiger partial charge in [0.05, 0.1) is 17.2 Å². The van der Waals surface area contributed by atoms with E-state index in [4.69, 9.17) is 0 Å². The Morgan fingerprint density at radius 1 is 1.12 bits per heavy atom. The maximum absolute atomic E-state index is 12.7. The van der Waals surface area contributed by atoms with Gasteiger partial charge in [0.1, 0.15) is 5.69 Å². The van der Waals surface area contributed by atoms with Gasteiger partial charge in [0.2, 0.25) is 0 Å². The van der Waals surface area contributed by atoms with Crippen LogP contribution in [0.1, 0.15) is 23.3 Å². The highest BCUT2D eigenvalue weighted by molar-refractivity contribution is 5.93. The van der Waals surface area contributed by atoms with Crippen molar-refractivity contribution in [1.82, 2.24) is 24.6 Å². The Kier molecular flexibility index (Phi) is 3.94. The van der Waals surface area contributed by atoms with Crippen LogP contribution in [0.5, 0.6) is 0 Å². The predicted octanol–water partition coefficient (Wildman–Crippen LogP) is 2.38. The average molecular weight is 321 g/mol. The second kappa shape index (κ2) is 6.39. The van der Waals surface area contributed by atoms with Gasteiger partial charge in [-0.3, -0.25) is 14.5 Å². The molecule has 2 aromatic heterocycles. The Morgan fingerprint density at radius 3 is 2.67 bits per heavy atom. The molecule has 0 bridgehead atoms. The van der Waals surface area contributed by atoms with Crippen molar-refractivity contribution in [3.63, 3.8) is 0 Å². The predicted molar refractivity (Wildman–Crippen MR) is 90.4 cm³/mol. The van der Waals surface area contributed by atoms with Crippen LogP contribution < -0.4 is 0 Å². The normalized spacial score (nSPS) is 15.8. The number of rotatable bonds is 3. The molecule has 1 aliphatic rings. The third kappa shape index (κ3) is 2.99. The number of aromatic nitrogens is 4. The Labute approximate surface area is 140 Å². The van der Waals surface area contributed by atoms with E-state index in [0.717, 1.165) is 43.5 Å². The molecule has 0 radical (unpaired) electrons. The number of piperidine rings is 1. The second-order valence-corrected chi connectivity index (χ2v) is 6.21. The summed E-state index contributed by atoms with van der Waals surface area (Å²) in [7, 11) is 0. The second-order valence-electron chi connectivity index (χ2n) is 6.21. The fraction of sp³-hybridized carbons (Fsp3) is 0.333. The lowest BCUT2D eigenvalue weighted by atomic mass is 9.96. The van der Waals surface area contributed by atoms with Gasteiger partial charge < -0.3 is 4.90 Å². The lowest BCUT2D eigenvalue weighted by Gasteiger charge is -2.31. The first-order valence-electron chi connectivity index (χ1n) is 8.28. The highest BCUT2D eigenvalue weighted by atomic mass is 16.2. The van der Waals surface area contributed by atoms with E-state index in [1.807, 2.05) is 46.1 Å². The van der Waals surface area contributed by atoms with E-state index >= 15 is 0 Å². The summed E-state index contributed by atoms with van der Waals surface area (Å²) in [5, 5.41) is 4.26. The highest BCUT2D eigenvalue weighted by Gasteiger charge is 2.25. The molecule has 0 aliphatic carbocycles. The molecule has 122 valence electrons. The molecule has 3 aromatic rings. The zero-order valence-corrected chi connectivity index (χ0v) is 13.4. The highest BCUT2D eigenvalue weighted by Crippen LogP contribution is 2.20. The van der Waals surface area contributed by atoms with Crippen LogP contribution in [0.25, 0.3) is 11.0 Å². The van der Waals surface area contributed by atoms with Crippen LogP contribution in [0.4, 0.5) is 0 Å². The number of carbonyl (C=O) groups is 1. The van der Waals surface area contributed by atoms with E-state index in [9.17, 15) is 4.79 Å².